The molecule has 0 N–H and O–H groups in total. The van der Waals surface area contributed by atoms with Gasteiger partial charge < -0.3 is 14.4 Å². The minimum absolute atomic E-state index is 0.369. The minimum atomic E-state index is 0.369. The number of hydrogen-bond acceptors (Lipinski definition) is 7. The second-order valence-corrected chi connectivity index (χ2v) is 6.73. The highest BCUT2D eigenvalue weighted by Gasteiger charge is 2.27. The van der Waals surface area contributed by atoms with Crippen LogP contribution in [0.3, 0.4) is 0 Å². The molecular formula is C18H25N5O2. The number of aromatic nitrogens is 1. The molecule has 1 aromatic heterocycles. The van der Waals surface area contributed by atoms with Crippen molar-refractivity contribution in [2.24, 2.45) is 16.1 Å². The molecule has 7 heteroatoms. The second kappa shape index (κ2) is 7.93. The zero-order valence-corrected chi connectivity index (χ0v) is 14.5. The van der Waals surface area contributed by atoms with Crippen molar-refractivity contribution in [3.05, 3.63) is 24.4 Å². The highest BCUT2D eigenvalue weighted by molar-refractivity contribution is 5.93. The Kier molecular flexibility index (Phi) is 5.22. The number of pyridine rings is 1. The van der Waals surface area contributed by atoms with Crippen LogP contribution in [0.4, 0.5) is 5.82 Å². The topological polar surface area (TPSA) is 62.6 Å². The number of nitrogens with zero attached hydrogens (tertiary/aromatic N) is 5. The van der Waals surface area contributed by atoms with Gasteiger partial charge in [-0.15, -0.1) is 5.10 Å². The van der Waals surface area contributed by atoms with E-state index < -0.39 is 0 Å². The molecule has 0 saturated carbocycles. The smallest absolute Gasteiger partial charge is 0.212 e. The Morgan fingerprint density at radius 3 is 2.56 bits per heavy atom. The van der Waals surface area contributed by atoms with Crippen LogP contribution in [0.15, 0.2) is 34.6 Å². The molecule has 3 aliphatic rings. The van der Waals surface area contributed by atoms with Crippen LogP contribution < -0.4 is 4.90 Å². The van der Waals surface area contributed by atoms with E-state index in [1.807, 2.05) is 18.3 Å². The van der Waals surface area contributed by atoms with E-state index in [2.05, 4.69) is 31.1 Å². The predicted octanol–water partition coefficient (Wildman–Crippen LogP) is 1.41. The Morgan fingerprint density at radius 1 is 1.04 bits per heavy atom. The molecule has 0 spiro atoms. The lowest BCUT2D eigenvalue weighted by Crippen LogP contribution is -2.42. The summed E-state index contributed by atoms with van der Waals surface area (Å²) in [5, 5.41) is 8.82. The van der Waals surface area contributed by atoms with Gasteiger partial charge in [0.15, 0.2) is 0 Å². The zero-order valence-electron chi connectivity index (χ0n) is 14.5. The summed E-state index contributed by atoms with van der Waals surface area (Å²) in [6.45, 7) is 6.88. The van der Waals surface area contributed by atoms with E-state index in [0.29, 0.717) is 12.5 Å². The number of morpholine rings is 1. The lowest BCUT2D eigenvalue weighted by molar-refractivity contribution is 0.0447. The molecule has 1 aromatic rings. The SMILES string of the molecule is c1ccc(N2CCC(C3=NN=C(CN4CCOCC4)CO3)CC2)nc1. The van der Waals surface area contributed by atoms with Crippen molar-refractivity contribution in [3.8, 4) is 0 Å². The molecule has 0 bridgehead atoms. The van der Waals surface area contributed by atoms with Crippen molar-refractivity contribution in [1.29, 1.82) is 0 Å². The maximum Gasteiger partial charge on any atom is 0.212 e. The van der Waals surface area contributed by atoms with Gasteiger partial charge in [0.1, 0.15) is 12.4 Å². The highest BCUT2D eigenvalue weighted by Crippen LogP contribution is 2.24. The first-order valence-electron chi connectivity index (χ1n) is 9.10. The van der Waals surface area contributed by atoms with E-state index >= 15 is 0 Å². The summed E-state index contributed by atoms with van der Waals surface area (Å²) in [6, 6.07) is 6.05. The Morgan fingerprint density at radius 2 is 1.88 bits per heavy atom. The first-order chi connectivity index (χ1) is 12.4. The monoisotopic (exact) mass is 343 g/mol. The van der Waals surface area contributed by atoms with Crippen molar-refractivity contribution in [2.45, 2.75) is 12.8 Å². The molecule has 0 amide bonds. The molecule has 0 aliphatic carbocycles. The van der Waals surface area contributed by atoms with E-state index in [-0.39, 0.29) is 0 Å². The normalized spacial score (nSPS) is 23.0. The maximum atomic E-state index is 5.94. The van der Waals surface area contributed by atoms with Gasteiger partial charge in [0.25, 0.3) is 0 Å². The molecule has 0 unspecified atom stereocenters. The molecule has 25 heavy (non-hydrogen) atoms. The Balaban J connectivity index is 1.30. The van der Waals surface area contributed by atoms with Gasteiger partial charge in [0.05, 0.1) is 18.9 Å². The Labute approximate surface area is 148 Å². The molecule has 4 rings (SSSR count). The third-order valence-electron chi connectivity index (χ3n) is 5.00. The average molecular weight is 343 g/mol. The van der Waals surface area contributed by atoms with E-state index in [1.165, 1.54) is 0 Å². The third kappa shape index (κ3) is 4.16. The van der Waals surface area contributed by atoms with Crippen molar-refractivity contribution in [1.82, 2.24) is 9.88 Å². The lowest BCUT2D eigenvalue weighted by atomic mass is 9.96. The van der Waals surface area contributed by atoms with Gasteiger partial charge in [-0.3, -0.25) is 4.90 Å². The minimum Gasteiger partial charge on any atom is -0.473 e. The number of anilines is 1. The van der Waals surface area contributed by atoms with Gasteiger partial charge in [0, 0.05) is 44.8 Å². The van der Waals surface area contributed by atoms with Crippen molar-refractivity contribution < 1.29 is 9.47 Å². The van der Waals surface area contributed by atoms with Crippen LogP contribution in [-0.4, -0.2) is 74.0 Å². The molecule has 0 atom stereocenters. The number of rotatable bonds is 4. The Bertz CT molecular complexity index is 620. The van der Waals surface area contributed by atoms with Crippen LogP contribution in [0, 0.1) is 5.92 Å². The molecule has 0 aromatic carbocycles. The van der Waals surface area contributed by atoms with Gasteiger partial charge in [-0.1, -0.05) is 6.07 Å². The molecule has 3 aliphatic heterocycles. The van der Waals surface area contributed by atoms with Gasteiger partial charge in [-0.2, -0.15) is 5.10 Å². The van der Waals surface area contributed by atoms with E-state index in [9.17, 15) is 0 Å². The van der Waals surface area contributed by atoms with Gasteiger partial charge in [-0.05, 0) is 25.0 Å². The predicted molar refractivity (Wildman–Crippen MR) is 97.3 cm³/mol. The lowest BCUT2D eigenvalue weighted by Gasteiger charge is -2.33. The summed E-state index contributed by atoms with van der Waals surface area (Å²) in [5.41, 5.74) is 1.01. The van der Waals surface area contributed by atoms with E-state index in [1.54, 1.807) is 0 Å². The van der Waals surface area contributed by atoms with Crippen LogP contribution >= 0.6 is 0 Å². The van der Waals surface area contributed by atoms with Gasteiger partial charge in [0.2, 0.25) is 5.90 Å². The molecular weight excluding hydrogens is 318 g/mol. The fourth-order valence-corrected chi connectivity index (χ4v) is 3.53. The summed E-state index contributed by atoms with van der Waals surface area (Å²) in [6.07, 6.45) is 3.91. The molecule has 4 heterocycles. The first-order valence-corrected chi connectivity index (χ1v) is 9.10. The summed E-state index contributed by atoms with van der Waals surface area (Å²) < 4.78 is 11.3. The third-order valence-corrected chi connectivity index (χ3v) is 5.00. The fourth-order valence-electron chi connectivity index (χ4n) is 3.53. The van der Waals surface area contributed by atoms with Gasteiger partial charge in [-0.25, -0.2) is 4.98 Å². The highest BCUT2D eigenvalue weighted by atomic mass is 16.5. The summed E-state index contributed by atoms with van der Waals surface area (Å²) in [4.78, 5) is 9.11. The quantitative estimate of drug-likeness (QED) is 0.827. The molecule has 2 saturated heterocycles. The van der Waals surface area contributed by atoms with Crippen LogP contribution in [0.1, 0.15) is 12.8 Å². The number of piperidine rings is 1. The summed E-state index contributed by atoms with van der Waals surface area (Å²) >= 11 is 0. The number of hydrogen-bond donors (Lipinski definition) is 0. The van der Waals surface area contributed by atoms with Crippen molar-refractivity contribution in [2.75, 3.05) is 57.4 Å². The van der Waals surface area contributed by atoms with E-state index in [0.717, 1.165) is 76.2 Å². The van der Waals surface area contributed by atoms with Gasteiger partial charge >= 0.3 is 0 Å². The summed E-state index contributed by atoms with van der Waals surface area (Å²) in [7, 11) is 0. The van der Waals surface area contributed by atoms with Crippen LogP contribution in [0.5, 0.6) is 0 Å². The van der Waals surface area contributed by atoms with Crippen molar-refractivity contribution in [3.63, 3.8) is 0 Å². The molecule has 0 radical (unpaired) electrons. The molecule has 2 fully saturated rings. The Hall–Kier alpha value is -1.99. The van der Waals surface area contributed by atoms with Crippen LogP contribution in [-0.2, 0) is 9.47 Å². The largest absolute Gasteiger partial charge is 0.473 e. The second-order valence-electron chi connectivity index (χ2n) is 6.73. The standard InChI is InChI=1S/C18H25N5O2/c1-2-6-19-17(3-1)23-7-4-15(5-8-23)18-21-20-16(14-25-18)13-22-9-11-24-12-10-22/h1-3,6,15H,4-5,7-14H2. The molecule has 134 valence electrons. The van der Waals surface area contributed by atoms with Crippen molar-refractivity contribution >= 4 is 17.4 Å². The first kappa shape index (κ1) is 16.5. The van der Waals surface area contributed by atoms with Crippen LogP contribution in [0.2, 0.25) is 0 Å². The summed E-state index contributed by atoms with van der Waals surface area (Å²) in [5.74, 6) is 2.23. The number of ether oxygens (including phenoxy) is 2. The molecule has 7 nitrogen and oxygen atoms in total. The maximum absolute atomic E-state index is 5.94. The zero-order chi connectivity index (χ0) is 16.9. The fraction of sp³-hybridized carbons (Fsp3) is 0.611. The van der Waals surface area contributed by atoms with E-state index in [4.69, 9.17) is 9.47 Å². The van der Waals surface area contributed by atoms with Crippen LogP contribution in [0.25, 0.3) is 0 Å². The average Bonchev–Trinajstić information content (AvgIpc) is 2.70.